The van der Waals surface area contributed by atoms with E-state index in [4.69, 9.17) is 0 Å². The number of aromatic amines is 1. The van der Waals surface area contributed by atoms with Gasteiger partial charge >= 0.3 is 0 Å². The van der Waals surface area contributed by atoms with Gasteiger partial charge in [-0.25, -0.2) is 0 Å². The van der Waals surface area contributed by atoms with E-state index in [1.54, 1.807) is 11.3 Å². The second-order valence-electron chi connectivity index (χ2n) is 9.50. The normalized spacial score (nSPS) is 11.7. The molecule has 0 radical (unpaired) electrons. The molecule has 0 fully saturated rings. The van der Waals surface area contributed by atoms with E-state index in [9.17, 15) is 0 Å². The number of fused-ring (bicyclic) bond motifs is 5. The van der Waals surface area contributed by atoms with Gasteiger partial charge in [0, 0.05) is 36.9 Å². The smallest absolute Gasteiger partial charge is 0.0542 e. The van der Waals surface area contributed by atoms with Crippen LogP contribution in [0.4, 0.5) is 0 Å². The van der Waals surface area contributed by atoms with Crippen molar-refractivity contribution >= 4 is 63.6 Å². The Kier molecular flexibility index (Phi) is 5.12. The first kappa shape index (κ1) is 22.1. The van der Waals surface area contributed by atoms with Gasteiger partial charge in [-0.1, -0.05) is 78.9 Å². The summed E-state index contributed by atoms with van der Waals surface area (Å²) in [5, 5.41) is 4.86. The molecular weight excluding hydrogens is 519 g/mol. The Morgan fingerprint density at radius 1 is 0.474 bits per heavy atom. The van der Waals surface area contributed by atoms with Crippen LogP contribution in [0, 0.1) is 0 Å². The van der Waals surface area contributed by atoms with Crippen LogP contribution in [0.1, 0.15) is 0 Å². The fraction of sp³-hybridized carbons (Fsp3) is 0. The summed E-state index contributed by atoms with van der Waals surface area (Å²) in [5.74, 6) is 0. The quantitative estimate of drug-likeness (QED) is 0.229. The van der Waals surface area contributed by atoms with Gasteiger partial charge in [0.15, 0.2) is 0 Å². The van der Waals surface area contributed by atoms with Gasteiger partial charge in [0.1, 0.15) is 0 Å². The van der Waals surface area contributed by atoms with E-state index in [1.807, 2.05) is 34.9 Å². The van der Waals surface area contributed by atoms with Gasteiger partial charge in [-0.15, -0.1) is 34.0 Å². The van der Waals surface area contributed by atoms with Gasteiger partial charge in [0.2, 0.25) is 0 Å². The Morgan fingerprint density at radius 2 is 1.03 bits per heavy atom. The Balaban J connectivity index is 1.14. The minimum Gasteiger partial charge on any atom is -0.361 e. The van der Waals surface area contributed by atoms with Crippen molar-refractivity contribution in [2.45, 2.75) is 0 Å². The number of nitrogens with one attached hydrogen (secondary N) is 1. The predicted octanol–water partition coefficient (Wildman–Crippen LogP) is 11.3. The summed E-state index contributed by atoms with van der Waals surface area (Å²) < 4.78 is 5.52. The molecule has 38 heavy (non-hydrogen) atoms. The average Bonchev–Trinajstić information content (AvgIpc) is 3.78. The topological polar surface area (TPSA) is 15.8 Å². The molecule has 8 rings (SSSR count). The summed E-state index contributed by atoms with van der Waals surface area (Å²) in [6.07, 6.45) is 1.97. The van der Waals surface area contributed by atoms with Crippen molar-refractivity contribution in [2.75, 3.05) is 0 Å². The SMILES string of the molecule is c1c[nH]c(-c2ccc(-c3ccc4c(c3)sc3c5ccc(-c6ccc(-c7cccs7)cc6)cc5sc43)cc2)c1. The Labute approximate surface area is 232 Å². The molecule has 4 aromatic carbocycles. The molecule has 1 nitrogen and oxygen atoms in total. The Hall–Kier alpha value is -3.96. The zero-order valence-electron chi connectivity index (χ0n) is 20.3. The Morgan fingerprint density at radius 3 is 1.55 bits per heavy atom. The average molecular weight is 540 g/mol. The van der Waals surface area contributed by atoms with Crippen molar-refractivity contribution in [3.05, 3.63) is 121 Å². The number of benzene rings is 4. The summed E-state index contributed by atoms with van der Waals surface area (Å²) in [5.41, 5.74) is 8.69. The lowest BCUT2D eigenvalue weighted by molar-refractivity contribution is 1.40. The minimum absolute atomic E-state index is 1.15. The first-order chi connectivity index (χ1) is 18.8. The highest BCUT2D eigenvalue weighted by Gasteiger charge is 2.14. The monoisotopic (exact) mass is 539 g/mol. The lowest BCUT2D eigenvalue weighted by Crippen LogP contribution is -1.80. The highest BCUT2D eigenvalue weighted by Crippen LogP contribution is 2.46. The molecule has 0 saturated heterocycles. The van der Waals surface area contributed by atoms with Crippen LogP contribution >= 0.6 is 34.0 Å². The van der Waals surface area contributed by atoms with E-state index >= 15 is 0 Å². The molecule has 0 saturated carbocycles. The van der Waals surface area contributed by atoms with Crippen molar-refractivity contribution < 1.29 is 0 Å². The third-order valence-electron chi connectivity index (χ3n) is 7.23. The van der Waals surface area contributed by atoms with E-state index in [0.717, 1.165) is 5.69 Å². The largest absolute Gasteiger partial charge is 0.361 e. The number of hydrogen-bond acceptors (Lipinski definition) is 3. The molecule has 0 spiro atoms. The van der Waals surface area contributed by atoms with Crippen LogP contribution in [0.5, 0.6) is 0 Å². The molecule has 0 bridgehead atoms. The summed E-state index contributed by atoms with van der Waals surface area (Å²) in [7, 11) is 0. The molecule has 0 atom stereocenters. The standard InChI is InChI=1S/C34H21NS3/c1-3-29(35-17-1)23-9-5-21(6-10-23)25-13-15-27-31(19-25)37-34-28-16-14-26(20-32(28)38-33(27)34)22-7-11-24(12-8-22)30-4-2-18-36-30/h1-20,35H. The van der Waals surface area contributed by atoms with Gasteiger partial charge in [-0.3, -0.25) is 0 Å². The fourth-order valence-corrected chi connectivity index (χ4v) is 8.70. The van der Waals surface area contributed by atoms with Crippen LogP contribution in [-0.2, 0) is 0 Å². The molecule has 0 aliphatic rings. The number of hydrogen-bond donors (Lipinski definition) is 1. The molecule has 0 aliphatic heterocycles. The van der Waals surface area contributed by atoms with Gasteiger partial charge in [-0.05, 0) is 69.1 Å². The fourth-order valence-electron chi connectivity index (χ4n) is 5.24. The van der Waals surface area contributed by atoms with Crippen molar-refractivity contribution in [3.63, 3.8) is 0 Å². The van der Waals surface area contributed by atoms with Crippen LogP contribution in [0.15, 0.2) is 121 Å². The van der Waals surface area contributed by atoms with Crippen LogP contribution < -0.4 is 0 Å². The predicted molar refractivity (Wildman–Crippen MR) is 169 cm³/mol. The third kappa shape index (κ3) is 3.64. The lowest BCUT2D eigenvalue weighted by atomic mass is 10.0. The van der Waals surface area contributed by atoms with E-state index < -0.39 is 0 Å². The summed E-state index contributed by atoms with van der Waals surface area (Å²) >= 11 is 5.62. The molecule has 0 amide bonds. The maximum Gasteiger partial charge on any atom is 0.0542 e. The van der Waals surface area contributed by atoms with Gasteiger partial charge < -0.3 is 4.98 Å². The zero-order valence-corrected chi connectivity index (χ0v) is 22.7. The second kappa shape index (κ2) is 8.81. The van der Waals surface area contributed by atoms with E-state index in [2.05, 4.69) is 113 Å². The molecule has 1 N–H and O–H groups in total. The number of aromatic nitrogens is 1. The van der Waals surface area contributed by atoms with Crippen molar-refractivity contribution in [1.29, 1.82) is 0 Å². The highest BCUT2D eigenvalue weighted by atomic mass is 32.1. The molecule has 0 aliphatic carbocycles. The number of rotatable bonds is 4. The van der Waals surface area contributed by atoms with Crippen LogP contribution in [-0.4, -0.2) is 4.98 Å². The highest BCUT2D eigenvalue weighted by molar-refractivity contribution is 7.36. The molecule has 4 heteroatoms. The van der Waals surface area contributed by atoms with Crippen molar-refractivity contribution in [2.24, 2.45) is 0 Å². The molecule has 0 unspecified atom stereocenters. The van der Waals surface area contributed by atoms with E-state index in [1.165, 1.54) is 67.8 Å². The summed E-state index contributed by atoms with van der Waals surface area (Å²) in [6, 6.07) is 40.1. The van der Waals surface area contributed by atoms with Crippen molar-refractivity contribution in [1.82, 2.24) is 4.98 Å². The molecule has 8 aromatic rings. The third-order valence-corrected chi connectivity index (χ3v) is 10.7. The molecular formula is C34H21NS3. The van der Waals surface area contributed by atoms with Gasteiger partial charge in [0.05, 0.1) is 9.40 Å². The first-order valence-corrected chi connectivity index (χ1v) is 15.1. The second-order valence-corrected chi connectivity index (χ2v) is 12.6. The molecule has 4 aromatic heterocycles. The first-order valence-electron chi connectivity index (χ1n) is 12.6. The number of thiophene rings is 3. The summed E-state index contributed by atoms with van der Waals surface area (Å²) in [6.45, 7) is 0. The minimum atomic E-state index is 1.15. The van der Waals surface area contributed by atoms with E-state index in [0.29, 0.717) is 0 Å². The maximum absolute atomic E-state index is 3.29. The van der Waals surface area contributed by atoms with Crippen LogP contribution in [0.25, 0.3) is 73.5 Å². The lowest BCUT2D eigenvalue weighted by Gasteiger charge is -2.05. The van der Waals surface area contributed by atoms with E-state index in [-0.39, 0.29) is 0 Å². The van der Waals surface area contributed by atoms with Gasteiger partial charge in [-0.2, -0.15) is 0 Å². The molecule has 4 heterocycles. The van der Waals surface area contributed by atoms with Crippen LogP contribution in [0.3, 0.4) is 0 Å². The summed E-state index contributed by atoms with van der Waals surface area (Å²) in [4.78, 5) is 4.60. The Bertz CT molecular complexity index is 1890. The van der Waals surface area contributed by atoms with Crippen molar-refractivity contribution in [3.8, 4) is 44.0 Å². The zero-order chi connectivity index (χ0) is 25.1. The number of H-pyrrole nitrogens is 1. The molecule has 180 valence electrons. The maximum atomic E-state index is 3.29. The van der Waals surface area contributed by atoms with Crippen LogP contribution in [0.2, 0.25) is 0 Å². The van der Waals surface area contributed by atoms with Gasteiger partial charge in [0.25, 0.3) is 0 Å².